The van der Waals surface area contributed by atoms with Gasteiger partial charge in [-0.2, -0.15) is 0 Å². The third kappa shape index (κ3) is 3.06. The van der Waals surface area contributed by atoms with Gasteiger partial charge in [0.15, 0.2) is 5.75 Å². The number of nitrogen functional groups attached to an aromatic ring is 1. The van der Waals surface area contributed by atoms with Gasteiger partial charge in [-0.05, 0) is 42.8 Å². The van der Waals surface area contributed by atoms with Crippen LogP contribution in [0.1, 0.15) is 15.9 Å². The fraction of sp³-hybridized carbons (Fsp3) is 0.0714. The number of hydrogen-bond donors (Lipinski definition) is 3. The number of nitrogens with one attached hydrogen (secondary N) is 1. The SMILES string of the molecule is Cc1cc(Br)cc(NC(=O)c2cccc(N)c2O)c1. The first-order chi connectivity index (χ1) is 8.97. The molecule has 0 aliphatic heterocycles. The number of amides is 1. The van der Waals surface area contributed by atoms with Crippen molar-refractivity contribution >= 4 is 33.2 Å². The average molecular weight is 321 g/mol. The highest BCUT2D eigenvalue weighted by Crippen LogP contribution is 2.26. The van der Waals surface area contributed by atoms with E-state index in [2.05, 4.69) is 21.2 Å². The van der Waals surface area contributed by atoms with E-state index in [1.54, 1.807) is 12.1 Å². The number of rotatable bonds is 2. The maximum absolute atomic E-state index is 12.1. The summed E-state index contributed by atoms with van der Waals surface area (Å²) in [5.74, 6) is -0.603. The zero-order valence-corrected chi connectivity index (χ0v) is 11.9. The van der Waals surface area contributed by atoms with Gasteiger partial charge in [0.05, 0.1) is 11.3 Å². The first-order valence-corrected chi connectivity index (χ1v) is 6.42. The molecule has 0 spiro atoms. The Morgan fingerprint density at radius 3 is 2.74 bits per heavy atom. The molecule has 0 atom stereocenters. The van der Waals surface area contributed by atoms with Crippen molar-refractivity contribution in [3.8, 4) is 5.75 Å². The Kier molecular flexibility index (Phi) is 3.76. The van der Waals surface area contributed by atoms with E-state index in [1.807, 2.05) is 19.1 Å². The summed E-state index contributed by atoms with van der Waals surface area (Å²) in [5.41, 5.74) is 7.56. The summed E-state index contributed by atoms with van der Waals surface area (Å²) in [4.78, 5) is 12.1. The number of para-hydroxylation sites is 1. The molecule has 0 bridgehead atoms. The standard InChI is InChI=1S/C14H13BrN2O2/c1-8-5-9(15)7-10(6-8)17-14(19)11-3-2-4-12(16)13(11)18/h2-7,18H,16H2,1H3,(H,17,19). The van der Waals surface area contributed by atoms with Crippen molar-refractivity contribution in [3.63, 3.8) is 0 Å². The zero-order chi connectivity index (χ0) is 14.0. The summed E-state index contributed by atoms with van der Waals surface area (Å²) in [6, 6.07) is 10.2. The molecule has 4 nitrogen and oxygen atoms in total. The molecule has 19 heavy (non-hydrogen) atoms. The van der Waals surface area contributed by atoms with Crippen molar-refractivity contribution in [2.45, 2.75) is 6.92 Å². The Balaban J connectivity index is 2.28. The molecule has 98 valence electrons. The quantitative estimate of drug-likeness (QED) is 0.587. The van der Waals surface area contributed by atoms with Gasteiger partial charge >= 0.3 is 0 Å². The van der Waals surface area contributed by atoms with Crippen molar-refractivity contribution in [3.05, 3.63) is 52.0 Å². The molecule has 2 rings (SSSR count). The van der Waals surface area contributed by atoms with Crippen molar-refractivity contribution in [1.29, 1.82) is 0 Å². The molecule has 0 aliphatic rings. The average Bonchev–Trinajstić information content (AvgIpc) is 2.31. The minimum atomic E-state index is -0.401. The molecule has 0 saturated heterocycles. The predicted octanol–water partition coefficient (Wildman–Crippen LogP) is 3.30. The maximum atomic E-state index is 12.1. The van der Waals surface area contributed by atoms with Crippen molar-refractivity contribution in [1.82, 2.24) is 0 Å². The van der Waals surface area contributed by atoms with Gasteiger partial charge in [0.25, 0.3) is 5.91 Å². The van der Waals surface area contributed by atoms with Crippen LogP contribution in [0, 0.1) is 6.92 Å². The lowest BCUT2D eigenvalue weighted by Gasteiger charge is -2.09. The highest BCUT2D eigenvalue weighted by atomic mass is 79.9. The lowest BCUT2D eigenvalue weighted by Crippen LogP contribution is -2.12. The summed E-state index contributed by atoms with van der Waals surface area (Å²) in [5, 5.41) is 12.5. The second kappa shape index (κ2) is 5.32. The monoisotopic (exact) mass is 320 g/mol. The van der Waals surface area contributed by atoms with Crippen LogP contribution in [0.25, 0.3) is 0 Å². The fourth-order valence-corrected chi connectivity index (χ4v) is 2.36. The number of aromatic hydroxyl groups is 1. The van der Waals surface area contributed by atoms with Crippen LogP contribution in [0.3, 0.4) is 0 Å². The normalized spacial score (nSPS) is 10.2. The van der Waals surface area contributed by atoms with Gasteiger partial charge in [-0.1, -0.05) is 22.0 Å². The number of halogens is 1. The number of nitrogens with two attached hydrogens (primary N) is 1. The molecular formula is C14H13BrN2O2. The van der Waals surface area contributed by atoms with E-state index in [-0.39, 0.29) is 17.0 Å². The van der Waals surface area contributed by atoms with Gasteiger partial charge < -0.3 is 16.2 Å². The van der Waals surface area contributed by atoms with Crippen LogP contribution >= 0.6 is 15.9 Å². The first kappa shape index (κ1) is 13.4. The Labute approximate surface area is 119 Å². The van der Waals surface area contributed by atoms with Crippen LogP contribution < -0.4 is 11.1 Å². The second-order valence-electron chi connectivity index (χ2n) is 4.21. The molecule has 0 saturated carbocycles. The summed E-state index contributed by atoms with van der Waals surface area (Å²) < 4.78 is 0.875. The molecule has 0 radical (unpaired) electrons. The molecule has 0 aliphatic carbocycles. The van der Waals surface area contributed by atoms with E-state index in [0.29, 0.717) is 5.69 Å². The van der Waals surface area contributed by atoms with Crippen LogP contribution in [-0.2, 0) is 0 Å². The first-order valence-electron chi connectivity index (χ1n) is 5.63. The van der Waals surface area contributed by atoms with Gasteiger partial charge in [0.2, 0.25) is 0 Å². The van der Waals surface area contributed by atoms with Gasteiger partial charge in [-0.25, -0.2) is 0 Å². The predicted molar refractivity (Wildman–Crippen MR) is 79.4 cm³/mol. The van der Waals surface area contributed by atoms with Crippen LogP contribution in [0.5, 0.6) is 5.75 Å². The number of anilines is 2. The molecular weight excluding hydrogens is 308 g/mol. The van der Waals surface area contributed by atoms with E-state index in [9.17, 15) is 9.90 Å². The summed E-state index contributed by atoms with van der Waals surface area (Å²) in [6.07, 6.45) is 0. The molecule has 0 heterocycles. The van der Waals surface area contributed by atoms with Crippen molar-refractivity contribution in [2.75, 3.05) is 11.1 Å². The molecule has 2 aromatic carbocycles. The summed E-state index contributed by atoms with van der Waals surface area (Å²) in [7, 11) is 0. The third-order valence-electron chi connectivity index (χ3n) is 2.61. The number of phenols is 1. The van der Waals surface area contributed by atoms with Gasteiger partial charge in [0.1, 0.15) is 0 Å². The Morgan fingerprint density at radius 1 is 1.32 bits per heavy atom. The highest BCUT2D eigenvalue weighted by Gasteiger charge is 2.13. The zero-order valence-electron chi connectivity index (χ0n) is 10.3. The Morgan fingerprint density at radius 2 is 2.05 bits per heavy atom. The van der Waals surface area contributed by atoms with Gasteiger partial charge in [0, 0.05) is 10.2 Å². The molecule has 2 aromatic rings. The van der Waals surface area contributed by atoms with Gasteiger partial charge in [-0.15, -0.1) is 0 Å². The van der Waals surface area contributed by atoms with Crippen LogP contribution in [0.15, 0.2) is 40.9 Å². The Hall–Kier alpha value is -2.01. The summed E-state index contributed by atoms with van der Waals surface area (Å²) in [6.45, 7) is 1.93. The fourth-order valence-electron chi connectivity index (χ4n) is 1.75. The van der Waals surface area contributed by atoms with E-state index >= 15 is 0 Å². The number of aryl methyl sites for hydroxylation is 1. The second-order valence-corrected chi connectivity index (χ2v) is 5.13. The number of hydrogen-bond acceptors (Lipinski definition) is 3. The highest BCUT2D eigenvalue weighted by molar-refractivity contribution is 9.10. The molecule has 0 fully saturated rings. The summed E-state index contributed by atoms with van der Waals surface area (Å²) >= 11 is 3.36. The van der Waals surface area contributed by atoms with Crippen LogP contribution in [-0.4, -0.2) is 11.0 Å². The minimum absolute atomic E-state index is 0.151. The minimum Gasteiger partial charge on any atom is -0.505 e. The maximum Gasteiger partial charge on any atom is 0.259 e. The number of phenolic OH excluding ortho intramolecular Hbond substituents is 1. The van der Waals surface area contributed by atoms with Crippen molar-refractivity contribution < 1.29 is 9.90 Å². The molecule has 0 unspecified atom stereocenters. The smallest absolute Gasteiger partial charge is 0.259 e. The molecule has 0 aromatic heterocycles. The van der Waals surface area contributed by atoms with Crippen LogP contribution in [0.4, 0.5) is 11.4 Å². The largest absolute Gasteiger partial charge is 0.505 e. The number of benzene rings is 2. The lowest BCUT2D eigenvalue weighted by molar-refractivity contribution is 0.102. The third-order valence-corrected chi connectivity index (χ3v) is 3.07. The number of carbonyl (C=O) groups is 1. The Bertz CT molecular complexity index is 621. The molecule has 5 heteroatoms. The van der Waals surface area contributed by atoms with Crippen LogP contribution in [0.2, 0.25) is 0 Å². The lowest BCUT2D eigenvalue weighted by atomic mass is 10.1. The van der Waals surface area contributed by atoms with E-state index in [4.69, 9.17) is 5.73 Å². The molecule has 4 N–H and O–H groups in total. The number of carbonyl (C=O) groups excluding carboxylic acids is 1. The topological polar surface area (TPSA) is 75.4 Å². The van der Waals surface area contributed by atoms with E-state index in [0.717, 1.165) is 10.0 Å². The van der Waals surface area contributed by atoms with Crippen molar-refractivity contribution in [2.24, 2.45) is 0 Å². The van der Waals surface area contributed by atoms with E-state index in [1.165, 1.54) is 12.1 Å². The molecule has 1 amide bonds. The van der Waals surface area contributed by atoms with E-state index < -0.39 is 5.91 Å². The van der Waals surface area contributed by atoms with Gasteiger partial charge in [-0.3, -0.25) is 4.79 Å².